The fourth-order valence-electron chi connectivity index (χ4n) is 3.29. The summed E-state index contributed by atoms with van der Waals surface area (Å²) in [4.78, 5) is 24.0. The number of carboxylic acid groups (broad SMARTS) is 1. The second-order valence-electron chi connectivity index (χ2n) is 6.40. The minimum Gasteiger partial charge on any atom is -0.508 e. The zero-order chi connectivity index (χ0) is 17.8. The van der Waals surface area contributed by atoms with Crippen LogP contribution in [0.1, 0.15) is 42.6 Å². The monoisotopic (exact) mass is 343 g/mol. The minimum atomic E-state index is -1.00. The lowest BCUT2D eigenvalue weighted by molar-refractivity contribution is -0.141. The number of hydrogen-bond donors (Lipinski definition) is 4. The summed E-state index contributed by atoms with van der Waals surface area (Å²) in [7, 11) is 0. The fraction of sp³-hybridized carbons (Fsp3) is 0.389. The molecule has 0 spiro atoms. The van der Waals surface area contributed by atoms with E-state index in [1.807, 2.05) is 0 Å². The van der Waals surface area contributed by atoms with Crippen LogP contribution in [0.25, 0.3) is 11.3 Å². The van der Waals surface area contributed by atoms with Crippen molar-refractivity contribution in [3.63, 3.8) is 0 Å². The van der Waals surface area contributed by atoms with Crippen LogP contribution in [-0.2, 0) is 4.79 Å². The van der Waals surface area contributed by atoms with Crippen molar-refractivity contribution in [3.05, 3.63) is 36.0 Å². The topological polar surface area (TPSA) is 115 Å². The minimum absolute atomic E-state index is 0.0327. The van der Waals surface area contributed by atoms with Crippen molar-refractivity contribution in [2.24, 2.45) is 5.92 Å². The molecule has 7 nitrogen and oxygen atoms in total. The van der Waals surface area contributed by atoms with Gasteiger partial charge >= 0.3 is 5.97 Å². The number of aromatic hydroxyl groups is 1. The number of aromatic amines is 1. The van der Waals surface area contributed by atoms with Crippen LogP contribution in [0.2, 0.25) is 0 Å². The fourth-order valence-corrected chi connectivity index (χ4v) is 3.29. The van der Waals surface area contributed by atoms with Crippen molar-refractivity contribution in [2.75, 3.05) is 0 Å². The summed E-state index contributed by atoms with van der Waals surface area (Å²) in [6.45, 7) is 0. The molecule has 1 aliphatic carbocycles. The quantitative estimate of drug-likeness (QED) is 0.666. The number of aromatic nitrogens is 2. The van der Waals surface area contributed by atoms with E-state index in [0.717, 1.165) is 37.7 Å². The molecule has 1 amide bonds. The molecule has 1 aromatic carbocycles. The third-order valence-electron chi connectivity index (χ3n) is 4.66. The molecule has 1 saturated carbocycles. The molecule has 0 aliphatic heterocycles. The zero-order valence-electron chi connectivity index (χ0n) is 13.7. The number of phenolic OH excluding ortho intramolecular Hbond substituents is 1. The largest absolute Gasteiger partial charge is 0.508 e. The van der Waals surface area contributed by atoms with Gasteiger partial charge in [0.1, 0.15) is 17.5 Å². The number of benzene rings is 1. The maximum absolute atomic E-state index is 12.4. The maximum Gasteiger partial charge on any atom is 0.326 e. The van der Waals surface area contributed by atoms with Crippen molar-refractivity contribution >= 4 is 11.9 Å². The highest BCUT2D eigenvalue weighted by molar-refractivity contribution is 5.95. The zero-order valence-corrected chi connectivity index (χ0v) is 13.7. The molecule has 7 heteroatoms. The number of H-pyrrole nitrogens is 1. The number of hydrogen-bond acceptors (Lipinski definition) is 4. The van der Waals surface area contributed by atoms with Gasteiger partial charge in [-0.2, -0.15) is 5.10 Å². The third-order valence-corrected chi connectivity index (χ3v) is 4.66. The standard InChI is InChI=1S/C18H21N3O4/c22-13-8-6-11(7-9-13)14-10-15(21-20-14)17(23)19-16(18(24)25)12-4-2-1-3-5-12/h6-10,12,16,22H,1-5H2,(H,19,23)(H,20,21)(H,24,25)/t16-/m0/s1. The first-order chi connectivity index (χ1) is 12.0. The van der Waals surface area contributed by atoms with Crippen LogP contribution >= 0.6 is 0 Å². The van der Waals surface area contributed by atoms with Gasteiger partial charge in [-0.3, -0.25) is 9.89 Å². The average molecular weight is 343 g/mol. The summed E-state index contributed by atoms with van der Waals surface area (Å²) in [5.41, 5.74) is 1.51. The highest BCUT2D eigenvalue weighted by Gasteiger charge is 2.31. The van der Waals surface area contributed by atoms with Crippen molar-refractivity contribution in [2.45, 2.75) is 38.1 Å². The van der Waals surface area contributed by atoms with Gasteiger partial charge in [0.15, 0.2) is 0 Å². The summed E-state index contributed by atoms with van der Waals surface area (Å²) in [6.07, 6.45) is 4.75. The van der Waals surface area contributed by atoms with Crippen LogP contribution in [0.4, 0.5) is 0 Å². The molecule has 1 aromatic heterocycles. The summed E-state index contributed by atoms with van der Waals surface area (Å²) in [5.74, 6) is -1.36. The van der Waals surface area contributed by atoms with E-state index in [-0.39, 0.29) is 17.4 Å². The first-order valence-electron chi connectivity index (χ1n) is 8.43. The molecule has 0 unspecified atom stereocenters. The van der Waals surface area contributed by atoms with E-state index in [1.54, 1.807) is 18.2 Å². The Bertz CT molecular complexity index is 748. The van der Waals surface area contributed by atoms with Crippen LogP contribution < -0.4 is 5.32 Å². The molecule has 0 radical (unpaired) electrons. The van der Waals surface area contributed by atoms with E-state index in [2.05, 4.69) is 15.5 Å². The summed E-state index contributed by atoms with van der Waals surface area (Å²) >= 11 is 0. The average Bonchev–Trinajstić information content (AvgIpc) is 3.11. The second kappa shape index (κ2) is 7.38. The lowest BCUT2D eigenvalue weighted by atomic mass is 9.84. The molecule has 0 saturated heterocycles. The number of rotatable bonds is 5. The number of nitrogens with zero attached hydrogens (tertiary/aromatic N) is 1. The van der Waals surface area contributed by atoms with Gasteiger partial charge in [0.25, 0.3) is 5.91 Å². The number of carbonyl (C=O) groups excluding carboxylic acids is 1. The molecule has 1 atom stereocenters. The Morgan fingerprint density at radius 3 is 2.48 bits per heavy atom. The summed E-state index contributed by atoms with van der Waals surface area (Å²) < 4.78 is 0. The van der Waals surface area contributed by atoms with Crippen molar-refractivity contribution in [1.29, 1.82) is 0 Å². The number of aliphatic carboxylic acids is 1. The lowest BCUT2D eigenvalue weighted by Gasteiger charge is -2.27. The predicted molar refractivity (Wildman–Crippen MR) is 91.2 cm³/mol. The van der Waals surface area contributed by atoms with Crippen molar-refractivity contribution in [3.8, 4) is 17.0 Å². The number of carbonyl (C=O) groups is 2. The van der Waals surface area contributed by atoms with Crippen LogP contribution in [0.3, 0.4) is 0 Å². The summed E-state index contributed by atoms with van der Waals surface area (Å²) in [6, 6.07) is 7.14. The van der Waals surface area contributed by atoms with Gasteiger partial charge in [-0.1, -0.05) is 19.3 Å². The SMILES string of the molecule is O=C(N[C@H](C(=O)O)C1CCCCC1)c1cc(-c2ccc(O)cc2)n[nH]1. The molecule has 1 fully saturated rings. The molecule has 3 rings (SSSR count). The maximum atomic E-state index is 12.4. The van der Waals surface area contributed by atoms with Gasteiger partial charge in [-0.05, 0) is 49.1 Å². The molecule has 25 heavy (non-hydrogen) atoms. The smallest absolute Gasteiger partial charge is 0.326 e. The Labute approximate surface area is 145 Å². The van der Waals surface area contributed by atoms with E-state index in [0.29, 0.717) is 5.69 Å². The Morgan fingerprint density at radius 1 is 1.16 bits per heavy atom. The molecule has 1 heterocycles. The van der Waals surface area contributed by atoms with Gasteiger partial charge < -0.3 is 15.5 Å². The second-order valence-corrected chi connectivity index (χ2v) is 6.40. The van der Waals surface area contributed by atoms with E-state index >= 15 is 0 Å². The number of amides is 1. The molecular formula is C18H21N3O4. The highest BCUT2D eigenvalue weighted by Crippen LogP contribution is 2.27. The molecule has 4 N–H and O–H groups in total. The van der Waals surface area contributed by atoms with E-state index < -0.39 is 17.9 Å². The lowest BCUT2D eigenvalue weighted by Crippen LogP contribution is -2.46. The van der Waals surface area contributed by atoms with Crippen LogP contribution in [0.15, 0.2) is 30.3 Å². The molecular weight excluding hydrogens is 322 g/mol. The van der Waals surface area contributed by atoms with Crippen molar-refractivity contribution in [1.82, 2.24) is 15.5 Å². The Kier molecular flexibility index (Phi) is 5.02. The normalized spacial score (nSPS) is 16.3. The van der Waals surface area contributed by atoms with E-state index in [1.165, 1.54) is 12.1 Å². The van der Waals surface area contributed by atoms with Gasteiger partial charge in [0.05, 0.1) is 5.69 Å². The summed E-state index contributed by atoms with van der Waals surface area (Å²) in [5, 5.41) is 28.2. The first kappa shape index (κ1) is 17.0. The first-order valence-corrected chi connectivity index (χ1v) is 8.43. The van der Waals surface area contributed by atoms with Crippen LogP contribution in [0, 0.1) is 5.92 Å². The van der Waals surface area contributed by atoms with Gasteiger partial charge in [-0.25, -0.2) is 4.79 Å². The Balaban J connectivity index is 1.71. The third kappa shape index (κ3) is 3.99. The molecule has 2 aromatic rings. The van der Waals surface area contributed by atoms with E-state index in [4.69, 9.17) is 0 Å². The van der Waals surface area contributed by atoms with Gasteiger partial charge in [0, 0.05) is 5.56 Å². The molecule has 0 bridgehead atoms. The highest BCUT2D eigenvalue weighted by atomic mass is 16.4. The molecule has 132 valence electrons. The number of nitrogens with one attached hydrogen (secondary N) is 2. The Morgan fingerprint density at radius 2 is 1.84 bits per heavy atom. The van der Waals surface area contributed by atoms with Gasteiger partial charge in [-0.15, -0.1) is 0 Å². The van der Waals surface area contributed by atoms with Gasteiger partial charge in [0.2, 0.25) is 0 Å². The van der Waals surface area contributed by atoms with E-state index in [9.17, 15) is 19.8 Å². The number of phenols is 1. The molecule has 1 aliphatic rings. The Hall–Kier alpha value is -2.83. The van der Waals surface area contributed by atoms with Crippen molar-refractivity contribution < 1.29 is 19.8 Å². The van der Waals surface area contributed by atoms with Crippen LogP contribution in [0.5, 0.6) is 5.75 Å². The number of carboxylic acids is 1. The van der Waals surface area contributed by atoms with Crippen LogP contribution in [-0.4, -0.2) is 38.3 Å². The predicted octanol–water partition coefficient (Wildman–Crippen LogP) is 2.55.